The van der Waals surface area contributed by atoms with Crippen LogP contribution in [0.3, 0.4) is 0 Å². The standard InChI is InChI=1S/C10H10ClN5O4/c1-6(17)20-15(10(12)13)14-5-7-2-3-8(11)9(4-7)16(18)19/h2-5H,1H3,(H3,12,13)/b14-5+. The molecule has 1 aromatic carbocycles. The van der Waals surface area contributed by atoms with E-state index in [9.17, 15) is 14.9 Å². The number of carbonyl (C=O) groups excluding carboxylic acids is 1. The summed E-state index contributed by atoms with van der Waals surface area (Å²) in [5, 5.41) is 21.9. The van der Waals surface area contributed by atoms with Gasteiger partial charge in [0.25, 0.3) is 5.69 Å². The molecule has 106 valence electrons. The van der Waals surface area contributed by atoms with Crippen LogP contribution in [0.4, 0.5) is 5.69 Å². The van der Waals surface area contributed by atoms with Crippen LogP contribution < -0.4 is 5.73 Å². The van der Waals surface area contributed by atoms with Gasteiger partial charge in [-0.2, -0.15) is 0 Å². The van der Waals surface area contributed by atoms with Crippen LogP contribution in [0.15, 0.2) is 23.3 Å². The van der Waals surface area contributed by atoms with Gasteiger partial charge in [0.05, 0.1) is 11.1 Å². The molecule has 0 fully saturated rings. The molecular formula is C10H10ClN5O4. The number of hydrogen-bond donors (Lipinski definition) is 2. The Labute approximate surface area is 118 Å². The Morgan fingerprint density at radius 2 is 2.30 bits per heavy atom. The zero-order valence-corrected chi connectivity index (χ0v) is 11.0. The van der Waals surface area contributed by atoms with E-state index in [0.717, 1.165) is 13.1 Å². The summed E-state index contributed by atoms with van der Waals surface area (Å²) in [6.45, 7) is 1.11. The Bertz CT molecular complexity index is 589. The van der Waals surface area contributed by atoms with Gasteiger partial charge in [-0.05, 0) is 6.07 Å². The SMILES string of the molecule is CC(=O)ON(/N=C/c1ccc(Cl)c([N+](=O)[O-])c1)C(=N)N. The molecule has 0 saturated carbocycles. The molecule has 0 aliphatic carbocycles. The molecule has 9 nitrogen and oxygen atoms in total. The lowest BCUT2D eigenvalue weighted by Gasteiger charge is -2.13. The van der Waals surface area contributed by atoms with E-state index in [-0.39, 0.29) is 10.7 Å². The van der Waals surface area contributed by atoms with Gasteiger partial charge in [-0.25, -0.2) is 4.79 Å². The minimum Gasteiger partial charge on any atom is -0.366 e. The maximum atomic E-state index is 10.8. The summed E-state index contributed by atoms with van der Waals surface area (Å²) in [6, 6.07) is 3.97. The maximum Gasteiger partial charge on any atom is 0.332 e. The van der Waals surface area contributed by atoms with Gasteiger partial charge < -0.3 is 10.6 Å². The molecule has 0 heterocycles. The predicted octanol–water partition coefficient (Wildman–Crippen LogP) is 1.26. The first-order chi connectivity index (χ1) is 9.31. The molecule has 0 aliphatic heterocycles. The van der Waals surface area contributed by atoms with Crippen LogP contribution in [0.2, 0.25) is 5.02 Å². The van der Waals surface area contributed by atoms with Crippen LogP contribution in [-0.4, -0.2) is 28.2 Å². The highest BCUT2D eigenvalue weighted by Crippen LogP contribution is 2.24. The van der Waals surface area contributed by atoms with Crippen LogP contribution in [0.1, 0.15) is 12.5 Å². The third kappa shape index (κ3) is 4.21. The van der Waals surface area contributed by atoms with Gasteiger partial charge in [-0.15, -0.1) is 5.10 Å². The van der Waals surface area contributed by atoms with Gasteiger partial charge in [0, 0.05) is 18.6 Å². The van der Waals surface area contributed by atoms with E-state index >= 15 is 0 Å². The fraction of sp³-hybridized carbons (Fsp3) is 0.100. The summed E-state index contributed by atoms with van der Waals surface area (Å²) in [5.74, 6) is -1.35. The largest absolute Gasteiger partial charge is 0.366 e. The molecule has 0 aromatic heterocycles. The number of nitrogens with one attached hydrogen (secondary N) is 1. The summed E-state index contributed by atoms with van der Waals surface area (Å²) in [7, 11) is 0. The second-order valence-corrected chi connectivity index (χ2v) is 3.86. The van der Waals surface area contributed by atoms with E-state index in [1.165, 1.54) is 18.2 Å². The van der Waals surface area contributed by atoms with E-state index in [1.807, 2.05) is 0 Å². The average molecular weight is 300 g/mol. The van der Waals surface area contributed by atoms with Crippen LogP contribution in [0.5, 0.6) is 0 Å². The number of hydroxylamine groups is 1. The van der Waals surface area contributed by atoms with Crippen LogP contribution in [0.25, 0.3) is 0 Å². The minimum absolute atomic E-state index is 0.0180. The van der Waals surface area contributed by atoms with Crippen molar-refractivity contribution in [3.63, 3.8) is 0 Å². The zero-order chi connectivity index (χ0) is 15.3. The number of hydrazone groups is 1. The first kappa shape index (κ1) is 15.4. The number of rotatable bonds is 3. The highest BCUT2D eigenvalue weighted by Gasteiger charge is 2.13. The van der Waals surface area contributed by atoms with E-state index in [1.54, 1.807) is 0 Å². The number of guanidine groups is 1. The molecule has 0 bridgehead atoms. The maximum absolute atomic E-state index is 10.8. The van der Waals surface area contributed by atoms with E-state index in [2.05, 4.69) is 9.94 Å². The minimum atomic E-state index is -0.723. The smallest absolute Gasteiger partial charge is 0.332 e. The summed E-state index contributed by atoms with van der Waals surface area (Å²) >= 11 is 5.65. The van der Waals surface area contributed by atoms with E-state index in [4.69, 9.17) is 22.7 Å². The molecule has 3 N–H and O–H groups in total. The normalized spacial score (nSPS) is 10.3. The number of nitro benzene ring substituents is 1. The van der Waals surface area contributed by atoms with Gasteiger partial charge in [0.2, 0.25) is 5.96 Å². The molecule has 0 radical (unpaired) electrons. The van der Waals surface area contributed by atoms with Crippen LogP contribution in [0, 0.1) is 15.5 Å². The van der Waals surface area contributed by atoms with Crippen molar-refractivity contribution in [2.45, 2.75) is 6.92 Å². The van der Waals surface area contributed by atoms with Gasteiger partial charge in [0.15, 0.2) is 0 Å². The number of nitrogens with zero attached hydrogens (tertiary/aromatic N) is 3. The molecule has 0 aliphatic rings. The number of carbonyl (C=O) groups is 1. The first-order valence-electron chi connectivity index (χ1n) is 5.12. The fourth-order valence-electron chi connectivity index (χ4n) is 1.13. The third-order valence-corrected chi connectivity index (χ3v) is 2.22. The molecule has 0 amide bonds. The molecule has 0 atom stereocenters. The zero-order valence-electron chi connectivity index (χ0n) is 10.2. The number of benzene rings is 1. The molecule has 10 heteroatoms. The number of hydrogen-bond acceptors (Lipinski definition) is 6. The lowest BCUT2D eigenvalue weighted by molar-refractivity contribution is -0.384. The molecule has 20 heavy (non-hydrogen) atoms. The van der Waals surface area contributed by atoms with Gasteiger partial charge in [0.1, 0.15) is 5.02 Å². The lowest BCUT2D eigenvalue weighted by Crippen LogP contribution is -2.33. The molecule has 1 aromatic rings. The number of nitro groups is 1. The quantitative estimate of drug-likeness (QED) is 0.373. The molecule has 0 saturated heterocycles. The van der Waals surface area contributed by atoms with Gasteiger partial charge in [-0.1, -0.05) is 22.8 Å². The Morgan fingerprint density at radius 3 is 2.80 bits per heavy atom. The van der Waals surface area contributed by atoms with Crippen molar-refractivity contribution in [2.24, 2.45) is 10.8 Å². The van der Waals surface area contributed by atoms with Crippen LogP contribution in [-0.2, 0) is 9.63 Å². The highest BCUT2D eigenvalue weighted by molar-refractivity contribution is 6.32. The van der Waals surface area contributed by atoms with Crippen molar-refractivity contribution in [2.75, 3.05) is 0 Å². The van der Waals surface area contributed by atoms with E-state index < -0.39 is 16.9 Å². The summed E-state index contributed by atoms with van der Waals surface area (Å²) in [6.07, 6.45) is 1.13. The second kappa shape index (κ2) is 6.48. The third-order valence-electron chi connectivity index (χ3n) is 1.90. The molecular weight excluding hydrogens is 290 g/mol. The topological polar surface area (TPSA) is 135 Å². The Kier molecular flexibility index (Phi) is 4.98. The molecule has 0 unspecified atom stereocenters. The van der Waals surface area contributed by atoms with E-state index in [0.29, 0.717) is 10.7 Å². The summed E-state index contributed by atoms with van der Waals surface area (Å²) in [4.78, 5) is 25.3. The van der Waals surface area contributed by atoms with Crippen molar-refractivity contribution >= 4 is 35.4 Å². The van der Waals surface area contributed by atoms with Crippen molar-refractivity contribution in [1.29, 1.82) is 5.41 Å². The number of halogens is 1. The van der Waals surface area contributed by atoms with Gasteiger partial charge in [-0.3, -0.25) is 15.5 Å². The molecule has 0 spiro atoms. The molecule has 1 rings (SSSR count). The van der Waals surface area contributed by atoms with Crippen molar-refractivity contribution in [3.8, 4) is 0 Å². The Morgan fingerprint density at radius 1 is 1.65 bits per heavy atom. The monoisotopic (exact) mass is 299 g/mol. The summed E-state index contributed by atoms with van der Waals surface area (Å²) < 4.78 is 0. The van der Waals surface area contributed by atoms with Crippen molar-refractivity contribution in [1.82, 2.24) is 5.17 Å². The lowest BCUT2D eigenvalue weighted by atomic mass is 10.2. The average Bonchev–Trinajstić information content (AvgIpc) is 2.34. The Hall–Kier alpha value is -2.68. The number of nitrogens with two attached hydrogens (primary N) is 1. The predicted molar refractivity (Wildman–Crippen MR) is 71.2 cm³/mol. The van der Waals surface area contributed by atoms with Crippen molar-refractivity contribution in [3.05, 3.63) is 38.9 Å². The highest BCUT2D eigenvalue weighted by atomic mass is 35.5. The fourth-order valence-corrected chi connectivity index (χ4v) is 1.31. The van der Waals surface area contributed by atoms with Gasteiger partial charge >= 0.3 is 5.97 Å². The van der Waals surface area contributed by atoms with Crippen molar-refractivity contribution < 1.29 is 14.6 Å². The van der Waals surface area contributed by atoms with Crippen LogP contribution >= 0.6 is 11.6 Å². The Balaban J connectivity index is 2.99. The second-order valence-electron chi connectivity index (χ2n) is 3.45. The summed E-state index contributed by atoms with van der Waals surface area (Å²) in [5.41, 5.74) is 5.17. The first-order valence-corrected chi connectivity index (χ1v) is 5.49.